The molecule has 31 heavy (non-hydrogen) atoms. The molecule has 0 spiro atoms. The summed E-state index contributed by atoms with van der Waals surface area (Å²) >= 11 is 0. The van der Waals surface area contributed by atoms with Gasteiger partial charge in [-0.1, -0.05) is 55.1 Å². The topological polar surface area (TPSA) is 66.3 Å². The Morgan fingerprint density at radius 2 is 1.84 bits per heavy atom. The van der Waals surface area contributed by atoms with Crippen LogP contribution in [0.15, 0.2) is 78.5 Å². The van der Waals surface area contributed by atoms with E-state index in [1.807, 2.05) is 68.4 Å². The molecule has 166 valence electrons. The van der Waals surface area contributed by atoms with Crippen molar-refractivity contribution in [1.82, 2.24) is 10.2 Å². The molecule has 0 amide bonds. The van der Waals surface area contributed by atoms with Crippen LogP contribution in [0.2, 0.25) is 0 Å². The highest BCUT2D eigenvalue weighted by molar-refractivity contribution is 5.98. The summed E-state index contributed by atoms with van der Waals surface area (Å²) in [7, 11) is 3.80. The first kappa shape index (κ1) is 24.3. The van der Waals surface area contributed by atoms with Crippen molar-refractivity contribution >= 4 is 5.71 Å². The van der Waals surface area contributed by atoms with Gasteiger partial charge in [-0.05, 0) is 43.4 Å². The van der Waals surface area contributed by atoms with Crippen molar-refractivity contribution in [1.29, 1.82) is 0 Å². The molecule has 1 atom stereocenters. The Bertz CT molecular complexity index is 880. The zero-order valence-electron chi connectivity index (χ0n) is 18.6. The number of benzene rings is 2. The Kier molecular flexibility index (Phi) is 10.5. The van der Waals surface area contributed by atoms with Crippen molar-refractivity contribution < 1.29 is 14.6 Å². The lowest BCUT2D eigenvalue weighted by Crippen LogP contribution is -2.37. The van der Waals surface area contributed by atoms with E-state index in [1.54, 1.807) is 18.3 Å². The fraction of sp³-hybridized carbons (Fsp3) is 0.320. The quantitative estimate of drug-likeness (QED) is 0.220. The van der Waals surface area contributed by atoms with E-state index in [-0.39, 0.29) is 12.0 Å². The van der Waals surface area contributed by atoms with Gasteiger partial charge >= 0.3 is 0 Å². The van der Waals surface area contributed by atoms with Crippen molar-refractivity contribution in [3.8, 4) is 5.75 Å². The van der Waals surface area contributed by atoms with E-state index < -0.39 is 0 Å². The molecule has 0 aliphatic heterocycles. The minimum Gasteiger partial charge on any atom is -0.508 e. The number of aliphatic imine (C=N–C) groups is 1. The number of ether oxygens (including phenoxy) is 2. The Morgan fingerprint density at radius 1 is 1.13 bits per heavy atom. The second kappa shape index (κ2) is 13.4. The molecule has 2 rings (SSSR count). The summed E-state index contributed by atoms with van der Waals surface area (Å²) in [5.74, 6) is 0.256. The van der Waals surface area contributed by atoms with Gasteiger partial charge in [0.05, 0.1) is 26.4 Å². The summed E-state index contributed by atoms with van der Waals surface area (Å²) in [6.07, 6.45) is 5.44. The van der Waals surface area contributed by atoms with E-state index >= 15 is 0 Å². The largest absolute Gasteiger partial charge is 0.508 e. The lowest BCUT2D eigenvalue weighted by Gasteiger charge is -2.23. The Balaban J connectivity index is 1.75. The van der Waals surface area contributed by atoms with E-state index in [1.165, 1.54) is 0 Å². The normalized spacial score (nSPS) is 12.8. The molecule has 0 aromatic heterocycles. The molecule has 1 unspecified atom stereocenters. The third-order valence-corrected chi connectivity index (χ3v) is 4.71. The van der Waals surface area contributed by atoms with Crippen LogP contribution in [0.25, 0.3) is 0 Å². The molecule has 6 heteroatoms. The van der Waals surface area contributed by atoms with Crippen LogP contribution >= 0.6 is 0 Å². The predicted octanol–water partition coefficient (Wildman–Crippen LogP) is 4.07. The first-order chi connectivity index (χ1) is 15.0. The number of hydrogen-bond acceptors (Lipinski definition) is 6. The van der Waals surface area contributed by atoms with Crippen molar-refractivity contribution in [2.24, 2.45) is 4.99 Å². The number of phenols is 1. The molecular weight excluding hydrogens is 390 g/mol. The van der Waals surface area contributed by atoms with Crippen molar-refractivity contribution in [2.45, 2.75) is 26.4 Å². The van der Waals surface area contributed by atoms with E-state index in [0.717, 1.165) is 22.4 Å². The summed E-state index contributed by atoms with van der Waals surface area (Å²) in [4.78, 5) is 6.63. The molecule has 0 heterocycles. The second-order valence-corrected chi connectivity index (χ2v) is 7.06. The summed E-state index contributed by atoms with van der Waals surface area (Å²) in [5.41, 5.74) is 3.88. The number of rotatable bonds is 13. The van der Waals surface area contributed by atoms with E-state index in [2.05, 4.69) is 18.0 Å². The Hall–Kier alpha value is -2.93. The van der Waals surface area contributed by atoms with Gasteiger partial charge in [0.2, 0.25) is 0 Å². The maximum atomic E-state index is 9.70. The number of nitrogens with one attached hydrogen (secondary N) is 1. The maximum Gasteiger partial charge on any atom is 0.175 e. The molecule has 0 saturated heterocycles. The fourth-order valence-corrected chi connectivity index (χ4v) is 2.85. The zero-order chi connectivity index (χ0) is 22.5. The summed E-state index contributed by atoms with van der Waals surface area (Å²) in [6.45, 7) is 7.65. The van der Waals surface area contributed by atoms with Gasteiger partial charge < -0.3 is 19.5 Å². The monoisotopic (exact) mass is 423 g/mol. The average Bonchev–Trinajstić information content (AvgIpc) is 2.79. The standard InChI is InChI=1S/C25H33N3O3/c1-5-28(4)25(26-3)27-20(2)22-13-10-11-21(17-22)18-30-15-8-9-16-31-19-23-12-6-7-14-24(23)29/h5-14,17,25-26,29H,1,15-16,18-19H2,2-4H3/b9-8+,27-20+. The molecule has 0 saturated carbocycles. The van der Waals surface area contributed by atoms with Crippen molar-refractivity contribution in [3.05, 3.63) is 90.2 Å². The van der Waals surface area contributed by atoms with Crippen molar-refractivity contribution in [2.75, 3.05) is 27.3 Å². The molecule has 0 aliphatic rings. The molecule has 6 nitrogen and oxygen atoms in total. The third-order valence-electron chi connectivity index (χ3n) is 4.71. The molecule has 2 aromatic rings. The summed E-state index contributed by atoms with van der Waals surface area (Å²) in [6, 6.07) is 15.4. The lowest BCUT2D eigenvalue weighted by atomic mass is 10.1. The zero-order valence-corrected chi connectivity index (χ0v) is 18.6. The Labute approximate surface area is 185 Å². The number of aromatic hydroxyl groups is 1. The summed E-state index contributed by atoms with van der Waals surface area (Å²) < 4.78 is 11.3. The number of para-hydroxylation sites is 1. The van der Waals surface area contributed by atoms with Gasteiger partial charge in [0.25, 0.3) is 0 Å². The second-order valence-electron chi connectivity index (χ2n) is 7.06. The SMILES string of the molecule is C=CN(C)C(/N=C(\C)c1cccc(COC/C=C/COCc2ccccc2O)c1)NC. The maximum absolute atomic E-state index is 9.70. The summed E-state index contributed by atoms with van der Waals surface area (Å²) in [5, 5.41) is 12.9. The van der Waals surface area contributed by atoms with E-state index in [0.29, 0.717) is 26.4 Å². The molecule has 0 aliphatic carbocycles. The molecule has 0 bridgehead atoms. The van der Waals surface area contributed by atoms with Crippen LogP contribution in [-0.2, 0) is 22.7 Å². The highest BCUT2D eigenvalue weighted by Gasteiger charge is 2.08. The van der Waals surface area contributed by atoms with Gasteiger partial charge in [-0.15, -0.1) is 0 Å². The predicted molar refractivity (Wildman–Crippen MR) is 126 cm³/mol. The first-order valence-electron chi connectivity index (χ1n) is 10.3. The Morgan fingerprint density at radius 3 is 2.52 bits per heavy atom. The minimum absolute atomic E-state index is 0.157. The fourth-order valence-electron chi connectivity index (χ4n) is 2.85. The van der Waals surface area contributed by atoms with Gasteiger partial charge in [0.15, 0.2) is 6.29 Å². The average molecular weight is 424 g/mol. The number of phenolic OH excluding ortho intramolecular Hbond substituents is 1. The highest BCUT2D eigenvalue weighted by Crippen LogP contribution is 2.16. The minimum atomic E-state index is -0.157. The van der Waals surface area contributed by atoms with Crippen LogP contribution in [0.5, 0.6) is 5.75 Å². The molecule has 0 fully saturated rings. The van der Waals surface area contributed by atoms with Gasteiger partial charge in [-0.3, -0.25) is 5.32 Å². The van der Waals surface area contributed by atoms with Gasteiger partial charge in [0.1, 0.15) is 5.75 Å². The molecular formula is C25H33N3O3. The smallest absolute Gasteiger partial charge is 0.175 e. The van der Waals surface area contributed by atoms with Crippen LogP contribution in [0.1, 0.15) is 23.6 Å². The van der Waals surface area contributed by atoms with Crippen LogP contribution in [0, 0.1) is 0 Å². The number of hydrogen-bond donors (Lipinski definition) is 2. The molecule has 2 aromatic carbocycles. The molecule has 2 N–H and O–H groups in total. The van der Waals surface area contributed by atoms with E-state index in [4.69, 9.17) is 14.5 Å². The van der Waals surface area contributed by atoms with Gasteiger partial charge in [-0.25, -0.2) is 4.99 Å². The van der Waals surface area contributed by atoms with Crippen molar-refractivity contribution in [3.63, 3.8) is 0 Å². The number of nitrogens with zero attached hydrogens (tertiary/aromatic N) is 2. The van der Waals surface area contributed by atoms with Gasteiger partial charge in [-0.2, -0.15) is 0 Å². The first-order valence-corrected chi connectivity index (χ1v) is 10.3. The lowest BCUT2D eigenvalue weighted by molar-refractivity contribution is 0.139. The van der Waals surface area contributed by atoms with Crippen LogP contribution in [0.3, 0.4) is 0 Å². The molecule has 0 radical (unpaired) electrons. The van der Waals surface area contributed by atoms with Crippen LogP contribution < -0.4 is 5.32 Å². The van der Waals surface area contributed by atoms with E-state index in [9.17, 15) is 5.11 Å². The highest BCUT2D eigenvalue weighted by atomic mass is 16.5. The van der Waals surface area contributed by atoms with Gasteiger partial charge in [0, 0.05) is 18.3 Å². The van der Waals surface area contributed by atoms with Crippen LogP contribution in [-0.4, -0.2) is 49.3 Å². The van der Waals surface area contributed by atoms with Crippen LogP contribution in [0.4, 0.5) is 0 Å². The third kappa shape index (κ3) is 8.38.